The number of hydrogen-bond acceptors (Lipinski definition) is 4. The Balaban J connectivity index is 2.06. The highest BCUT2D eigenvalue weighted by atomic mass is 16.1. The van der Waals surface area contributed by atoms with Gasteiger partial charge in [0, 0.05) is 36.5 Å². The van der Waals surface area contributed by atoms with Crippen molar-refractivity contribution in [3.63, 3.8) is 0 Å². The van der Waals surface area contributed by atoms with Crippen LogP contribution in [0.3, 0.4) is 0 Å². The summed E-state index contributed by atoms with van der Waals surface area (Å²) in [6, 6.07) is 9.13. The summed E-state index contributed by atoms with van der Waals surface area (Å²) < 4.78 is 1.54. The van der Waals surface area contributed by atoms with E-state index >= 15 is 0 Å². The first-order chi connectivity index (χ1) is 11.4. The molecule has 0 saturated carbocycles. The lowest BCUT2D eigenvalue weighted by Crippen LogP contribution is -2.38. The molecular weight excluding hydrogens is 304 g/mol. The van der Waals surface area contributed by atoms with Crippen LogP contribution >= 0.6 is 0 Å². The van der Waals surface area contributed by atoms with Crippen LogP contribution in [-0.4, -0.2) is 16.5 Å². The molecule has 0 unspecified atom stereocenters. The Morgan fingerprint density at radius 1 is 1.29 bits per heavy atom. The number of carbonyl (C=O) groups excluding carboxylic acids is 1. The normalized spacial score (nSPS) is 22.4. The Hall–Kier alpha value is -2.76. The lowest BCUT2D eigenvalue weighted by atomic mass is 9.83. The Bertz CT molecular complexity index is 843. The molecular formula is C18H22N4O2. The van der Waals surface area contributed by atoms with Crippen molar-refractivity contribution in [3.8, 4) is 0 Å². The average molecular weight is 326 g/mol. The second-order valence-corrected chi connectivity index (χ2v) is 6.42. The molecule has 1 amide bonds. The van der Waals surface area contributed by atoms with E-state index in [0.717, 1.165) is 11.3 Å². The van der Waals surface area contributed by atoms with Crippen LogP contribution in [0, 0.1) is 5.92 Å². The minimum absolute atomic E-state index is 0.0801. The molecule has 6 nitrogen and oxygen atoms in total. The number of hydrogen-bond donors (Lipinski definition) is 3. The van der Waals surface area contributed by atoms with Crippen molar-refractivity contribution >= 4 is 17.3 Å². The van der Waals surface area contributed by atoms with Gasteiger partial charge in [0.1, 0.15) is 5.69 Å². The van der Waals surface area contributed by atoms with Gasteiger partial charge in [-0.15, -0.1) is 0 Å². The molecule has 2 heterocycles. The monoisotopic (exact) mass is 326 g/mol. The Kier molecular flexibility index (Phi) is 4.05. The number of benzene rings is 1. The van der Waals surface area contributed by atoms with Gasteiger partial charge in [-0.25, -0.2) is 0 Å². The van der Waals surface area contributed by atoms with E-state index in [1.54, 1.807) is 31.4 Å². The summed E-state index contributed by atoms with van der Waals surface area (Å²) in [4.78, 5) is 23.9. The first-order valence-electron chi connectivity index (χ1n) is 8.01. The third kappa shape index (κ3) is 2.75. The van der Waals surface area contributed by atoms with Crippen molar-refractivity contribution < 1.29 is 4.79 Å². The fourth-order valence-electron chi connectivity index (χ4n) is 3.14. The van der Waals surface area contributed by atoms with Gasteiger partial charge in [-0.3, -0.25) is 9.59 Å². The van der Waals surface area contributed by atoms with E-state index in [9.17, 15) is 9.59 Å². The molecule has 3 rings (SSSR count). The largest absolute Gasteiger partial charge is 0.382 e. The lowest BCUT2D eigenvalue weighted by molar-refractivity contribution is 0.1000. The number of rotatable bonds is 3. The minimum Gasteiger partial charge on any atom is -0.382 e. The molecule has 24 heavy (non-hydrogen) atoms. The zero-order valence-electron chi connectivity index (χ0n) is 14.0. The molecule has 126 valence electrons. The van der Waals surface area contributed by atoms with E-state index in [4.69, 9.17) is 5.73 Å². The van der Waals surface area contributed by atoms with Crippen LogP contribution in [0.1, 0.15) is 35.8 Å². The first kappa shape index (κ1) is 16.1. The number of carbonyl (C=O) groups is 1. The van der Waals surface area contributed by atoms with Crippen LogP contribution in [0.15, 0.2) is 41.3 Å². The van der Waals surface area contributed by atoms with Crippen LogP contribution in [-0.2, 0) is 7.05 Å². The summed E-state index contributed by atoms with van der Waals surface area (Å²) in [5.41, 5.74) is 8.25. The molecule has 2 aromatic rings. The van der Waals surface area contributed by atoms with Gasteiger partial charge in [0.05, 0.1) is 6.04 Å². The molecule has 1 aliphatic rings. The Labute approximate surface area is 140 Å². The van der Waals surface area contributed by atoms with Crippen molar-refractivity contribution in [1.82, 2.24) is 4.57 Å². The number of amides is 1. The predicted octanol–water partition coefficient (Wildman–Crippen LogP) is 2.09. The van der Waals surface area contributed by atoms with Gasteiger partial charge in [0.2, 0.25) is 5.91 Å². The number of primary amides is 1. The first-order valence-corrected chi connectivity index (χ1v) is 8.01. The lowest BCUT2D eigenvalue weighted by Gasteiger charge is -2.38. The average Bonchev–Trinajstić information content (AvgIpc) is 2.55. The van der Waals surface area contributed by atoms with Crippen molar-refractivity contribution in [3.05, 3.63) is 58.0 Å². The van der Waals surface area contributed by atoms with Crippen LogP contribution in [0.4, 0.5) is 11.4 Å². The van der Waals surface area contributed by atoms with Crippen molar-refractivity contribution in [2.24, 2.45) is 18.7 Å². The summed E-state index contributed by atoms with van der Waals surface area (Å²) in [6.07, 6.45) is 1.72. The molecule has 0 bridgehead atoms. The zero-order chi connectivity index (χ0) is 17.4. The van der Waals surface area contributed by atoms with E-state index in [2.05, 4.69) is 24.5 Å². The van der Waals surface area contributed by atoms with Gasteiger partial charge < -0.3 is 20.9 Å². The molecule has 0 aliphatic carbocycles. The number of nitrogens with zero attached hydrogens (tertiary/aromatic N) is 1. The fourth-order valence-corrected chi connectivity index (χ4v) is 3.14. The van der Waals surface area contributed by atoms with Gasteiger partial charge in [0.15, 0.2) is 0 Å². The van der Waals surface area contributed by atoms with Crippen LogP contribution in [0.25, 0.3) is 0 Å². The highest BCUT2D eigenvalue weighted by Gasteiger charge is 2.32. The van der Waals surface area contributed by atoms with Crippen molar-refractivity contribution in [2.75, 3.05) is 10.6 Å². The van der Waals surface area contributed by atoms with Crippen LogP contribution in [0.2, 0.25) is 0 Å². The predicted molar refractivity (Wildman–Crippen MR) is 95.3 cm³/mol. The summed E-state index contributed by atoms with van der Waals surface area (Å²) in [5.74, 6) is -0.246. The van der Waals surface area contributed by atoms with Gasteiger partial charge >= 0.3 is 0 Å². The number of fused-ring (bicyclic) bond motifs is 1. The number of aromatic nitrogens is 1. The summed E-state index contributed by atoms with van der Waals surface area (Å²) in [6.45, 7) is 4.22. The molecule has 1 aliphatic heterocycles. The molecule has 0 radical (unpaired) electrons. The number of nitrogens with two attached hydrogens (primary N) is 1. The van der Waals surface area contributed by atoms with Gasteiger partial charge in [0.25, 0.3) is 5.56 Å². The van der Waals surface area contributed by atoms with Crippen LogP contribution < -0.4 is 21.9 Å². The Morgan fingerprint density at radius 2 is 2.04 bits per heavy atom. The second kappa shape index (κ2) is 6.03. The number of anilines is 2. The van der Waals surface area contributed by atoms with E-state index in [-0.39, 0.29) is 23.6 Å². The van der Waals surface area contributed by atoms with Crippen molar-refractivity contribution in [2.45, 2.75) is 25.9 Å². The van der Waals surface area contributed by atoms with Gasteiger partial charge in [-0.2, -0.15) is 0 Å². The molecule has 4 N–H and O–H groups in total. The van der Waals surface area contributed by atoms with E-state index < -0.39 is 5.91 Å². The maximum atomic E-state index is 12.3. The van der Waals surface area contributed by atoms with Gasteiger partial charge in [-0.1, -0.05) is 6.92 Å². The third-order valence-corrected chi connectivity index (χ3v) is 4.80. The minimum atomic E-state index is -0.460. The topological polar surface area (TPSA) is 89.1 Å². The van der Waals surface area contributed by atoms with Crippen LogP contribution in [0.5, 0.6) is 0 Å². The summed E-state index contributed by atoms with van der Waals surface area (Å²) in [5, 5.41) is 6.81. The molecule has 3 atom stereocenters. The third-order valence-electron chi connectivity index (χ3n) is 4.80. The highest BCUT2D eigenvalue weighted by Crippen LogP contribution is 2.38. The molecule has 6 heteroatoms. The maximum absolute atomic E-state index is 12.3. The van der Waals surface area contributed by atoms with E-state index in [1.807, 2.05) is 12.1 Å². The molecule has 1 aromatic carbocycles. The quantitative estimate of drug-likeness (QED) is 0.806. The molecule has 0 saturated heterocycles. The molecule has 0 spiro atoms. The number of aryl methyl sites for hydroxylation is 1. The van der Waals surface area contributed by atoms with E-state index in [0.29, 0.717) is 11.3 Å². The highest BCUT2D eigenvalue weighted by molar-refractivity contribution is 5.93. The maximum Gasteiger partial charge on any atom is 0.273 e. The van der Waals surface area contributed by atoms with Gasteiger partial charge in [-0.05, 0) is 42.8 Å². The fraction of sp³-hybridized carbons (Fsp3) is 0.333. The number of pyridine rings is 1. The zero-order valence-corrected chi connectivity index (χ0v) is 14.0. The van der Waals surface area contributed by atoms with E-state index in [1.165, 1.54) is 4.57 Å². The smallest absolute Gasteiger partial charge is 0.273 e. The SMILES string of the molecule is C[C@H]1[C@H](C)Nc2ccc(C(N)=O)cc2[C@@H]1Nc1cccn(C)c1=O. The summed E-state index contributed by atoms with van der Waals surface area (Å²) >= 11 is 0. The summed E-state index contributed by atoms with van der Waals surface area (Å²) in [7, 11) is 1.72. The molecule has 1 aromatic heterocycles. The standard InChI is InChI=1S/C18H22N4O2/c1-10-11(2)20-14-7-6-12(17(19)23)9-13(14)16(10)21-15-5-4-8-22(3)18(15)24/h4-11,16,20-21H,1-3H3,(H2,19,23)/t10-,11-,16+/m0/s1. The van der Waals surface area contributed by atoms with Crippen molar-refractivity contribution in [1.29, 1.82) is 0 Å². The Morgan fingerprint density at radius 3 is 2.75 bits per heavy atom. The number of nitrogens with one attached hydrogen (secondary N) is 2. The second-order valence-electron chi connectivity index (χ2n) is 6.42. The molecule has 0 fully saturated rings.